The number of aromatic nitrogens is 2. The fraction of sp³-hybridized carbons (Fsp3) is 0.207. The number of thiazole rings is 1. The SMILES string of the molecule is COc1ccc(NC(=O)Cn2c3c(sc2=O)[C@H](c2cccnc2)C2C(=O)N(c4cccc(C(F)(F)F)c4)C(=O)C2S3)cc1. The van der Waals surface area contributed by atoms with Crippen LogP contribution in [0.5, 0.6) is 5.75 Å². The topological polar surface area (TPSA) is 111 Å². The van der Waals surface area contributed by atoms with Crippen LogP contribution in [0.15, 0.2) is 82.9 Å². The Morgan fingerprint density at radius 1 is 1.05 bits per heavy atom. The van der Waals surface area contributed by atoms with E-state index in [1.165, 1.54) is 30.1 Å². The number of benzene rings is 2. The number of methoxy groups -OCH3 is 1. The molecular formula is C29H21F3N4O5S2. The molecule has 0 saturated carbocycles. The highest BCUT2D eigenvalue weighted by Crippen LogP contribution is 2.54. The molecule has 2 aliphatic rings. The zero-order chi connectivity index (χ0) is 30.5. The van der Waals surface area contributed by atoms with Gasteiger partial charge in [0.15, 0.2) is 0 Å². The van der Waals surface area contributed by atoms with Crippen LogP contribution in [0, 0.1) is 5.92 Å². The molecule has 2 unspecified atom stereocenters. The number of anilines is 2. The van der Waals surface area contributed by atoms with Crippen molar-refractivity contribution >= 4 is 52.2 Å². The monoisotopic (exact) mass is 626 g/mol. The second kappa shape index (κ2) is 11.0. The van der Waals surface area contributed by atoms with E-state index in [-0.39, 0.29) is 12.2 Å². The van der Waals surface area contributed by atoms with Crippen LogP contribution in [-0.2, 0) is 27.1 Å². The lowest BCUT2D eigenvalue weighted by atomic mass is 9.84. The van der Waals surface area contributed by atoms with E-state index in [4.69, 9.17) is 4.74 Å². The average molecular weight is 627 g/mol. The minimum Gasteiger partial charge on any atom is -0.497 e. The predicted molar refractivity (Wildman–Crippen MR) is 153 cm³/mol. The Morgan fingerprint density at radius 3 is 2.49 bits per heavy atom. The van der Waals surface area contributed by atoms with E-state index in [2.05, 4.69) is 10.3 Å². The van der Waals surface area contributed by atoms with Crippen molar-refractivity contribution in [3.8, 4) is 5.75 Å². The number of hydrogen-bond donors (Lipinski definition) is 1. The maximum Gasteiger partial charge on any atom is 0.416 e. The van der Waals surface area contributed by atoms with Crippen LogP contribution in [0.4, 0.5) is 24.5 Å². The third kappa shape index (κ3) is 5.20. The summed E-state index contributed by atoms with van der Waals surface area (Å²) >= 11 is 1.83. The fourth-order valence-electron chi connectivity index (χ4n) is 5.27. The number of fused-ring (bicyclic) bond motifs is 2. The number of carbonyl (C=O) groups is 3. The van der Waals surface area contributed by atoms with Gasteiger partial charge in [0, 0.05) is 28.9 Å². The minimum atomic E-state index is -4.67. The van der Waals surface area contributed by atoms with Gasteiger partial charge in [-0.1, -0.05) is 35.2 Å². The van der Waals surface area contributed by atoms with Crippen LogP contribution in [0.2, 0.25) is 0 Å². The minimum absolute atomic E-state index is 0.190. The molecule has 6 rings (SSSR count). The van der Waals surface area contributed by atoms with Crippen LogP contribution < -0.4 is 19.8 Å². The van der Waals surface area contributed by atoms with Gasteiger partial charge >= 0.3 is 11.0 Å². The van der Waals surface area contributed by atoms with Gasteiger partial charge in [0.05, 0.1) is 29.3 Å². The molecule has 0 bridgehead atoms. The summed E-state index contributed by atoms with van der Waals surface area (Å²) in [5, 5.41) is 2.02. The number of ether oxygens (including phenoxy) is 1. The summed E-state index contributed by atoms with van der Waals surface area (Å²) in [6, 6.07) is 14.0. The first-order valence-electron chi connectivity index (χ1n) is 12.9. The number of pyridine rings is 1. The van der Waals surface area contributed by atoms with Crippen molar-refractivity contribution in [2.45, 2.75) is 28.9 Å². The lowest BCUT2D eigenvalue weighted by Crippen LogP contribution is -2.33. The molecule has 2 aromatic heterocycles. The number of carbonyl (C=O) groups excluding carboxylic acids is 3. The predicted octanol–water partition coefficient (Wildman–Crippen LogP) is 4.77. The first-order valence-corrected chi connectivity index (χ1v) is 14.6. The average Bonchev–Trinajstić information content (AvgIpc) is 3.43. The van der Waals surface area contributed by atoms with E-state index in [0.29, 0.717) is 26.9 Å². The van der Waals surface area contributed by atoms with Gasteiger partial charge in [-0.3, -0.25) is 28.7 Å². The van der Waals surface area contributed by atoms with Crippen molar-refractivity contribution < 1.29 is 32.3 Å². The van der Waals surface area contributed by atoms with Gasteiger partial charge in [-0.25, -0.2) is 4.90 Å². The number of rotatable bonds is 6. The third-order valence-electron chi connectivity index (χ3n) is 7.20. The highest BCUT2D eigenvalue weighted by molar-refractivity contribution is 8.00. The Bertz CT molecular complexity index is 1790. The first kappa shape index (κ1) is 28.7. The van der Waals surface area contributed by atoms with Gasteiger partial charge in [-0.05, 0) is 54.1 Å². The van der Waals surface area contributed by atoms with E-state index < -0.39 is 51.4 Å². The smallest absolute Gasteiger partial charge is 0.416 e. The van der Waals surface area contributed by atoms with Gasteiger partial charge in [0.25, 0.3) is 0 Å². The van der Waals surface area contributed by atoms with E-state index >= 15 is 0 Å². The van der Waals surface area contributed by atoms with E-state index in [1.807, 2.05) is 0 Å². The Hall–Kier alpha value is -4.43. The molecule has 1 saturated heterocycles. The highest BCUT2D eigenvalue weighted by atomic mass is 32.2. The summed E-state index contributed by atoms with van der Waals surface area (Å²) in [5.74, 6) is -3.07. The Morgan fingerprint density at radius 2 is 1.81 bits per heavy atom. The van der Waals surface area contributed by atoms with Crippen LogP contribution >= 0.6 is 23.1 Å². The Kier molecular flexibility index (Phi) is 7.34. The summed E-state index contributed by atoms with van der Waals surface area (Å²) in [5.41, 5.74) is -0.142. The molecule has 0 spiro atoms. The van der Waals surface area contributed by atoms with Crippen molar-refractivity contribution in [2.75, 3.05) is 17.3 Å². The number of amides is 3. The number of imide groups is 1. The van der Waals surface area contributed by atoms with Crippen LogP contribution in [0.25, 0.3) is 0 Å². The fourth-order valence-corrected chi connectivity index (χ4v) is 8.04. The molecular weight excluding hydrogens is 605 g/mol. The Balaban J connectivity index is 1.38. The maximum absolute atomic E-state index is 13.9. The zero-order valence-electron chi connectivity index (χ0n) is 22.2. The van der Waals surface area contributed by atoms with Gasteiger partial charge in [0.1, 0.15) is 17.5 Å². The summed E-state index contributed by atoms with van der Waals surface area (Å²) in [6.45, 7) is -0.361. The third-order valence-corrected chi connectivity index (χ3v) is 9.80. The molecule has 4 heterocycles. The number of nitrogens with one attached hydrogen (secondary N) is 1. The van der Waals surface area contributed by atoms with Crippen LogP contribution in [0.1, 0.15) is 21.9 Å². The number of alkyl halides is 3. The molecule has 0 aliphatic carbocycles. The van der Waals surface area contributed by atoms with Gasteiger partial charge < -0.3 is 10.1 Å². The van der Waals surface area contributed by atoms with Gasteiger partial charge in [-0.15, -0.1) is 0 Å². The maximum atomic E-state index is 13.9. The van der Waals surface area contributed by atoms with Crippen molar-refractivity contribution in [3.05, 3.63) is 98.7 Å². The lowest BCUT2D eigenvalue weighted by Gasteiger charge is -2.30. The number of nitrogens with zero attached hydrogens (tertiary/aromatic N) is 3. The molecule has 220 valence electrons. The molecule has 1 fully saturated rings. The van der Waals surface area contributed by atoms with E-state index in [1.54, 1.807) is 36.4 Å². The quantitative estimate of drug-likeness (QED) is 0.307. The first-order chi connectivity index (χ1) is 20.6. The molecule has 0 radical (unpaired) electrons. The van der Waals surface area contributed by atoms with Crippen molar-refractivity contribution in [1.82, 2.24) is 9.55 Å². The second-order valence-corrected chi connectivity index (χ2v) is 11.9. The van der Waals surface area contributed by atoms with Crippen LogP contribution in [0.3, 0.4) is 0 Å². The Labute approximate surface area is 250 Å². The van der Waals surface area contributed by atoms with Gasteiger partial charge in [-0.2, -0.15) is 13.2 Å². The van der Waals surface area contributed by atoms with E-state index in [9.17, 15) is 32.3 Å². The summed E-state index contributed by atoms with van der Waals surface area (Å²) < 4.78 is 46.7. The molecule has 2 aliphatic heterocycles. The molecule has 4 aromatic rings. The molecule has 9 nitrogen and oxygen atoms in total. The molecule has 2 aromatic carbocycles. The molecule has 3 amide bonds. The zero-order valence-corrected chi connectivity index (χ0v) is 23.8. The van der Waals surface area contributed by atoms with Crippen molar-refractivity contribution in [1.29, 1.82) is 0 Å². The summed E-state index contributed by atoms with van der Waals surface area (Å²) in [6.07, 6.45) is -1.61. The van der Waals surface area contributed by atoms with Crippen LogP contribution in [-0.4, -0.2) is 39.6 Å². The molecule has 14 heteroatoms. The molecule has 3 atom stereocenters. The van der Waals surface area contributed by atoms with E-state index in [0.717, 1.165) is 46.2 Å². The number of hydrogen-bond acceptors (Lipinski definition) is 8. The highest BCUT2D eigenvalue weighted by Gasteiger charge is 2.57. The van der Waals surface area contributed by atoms with Crippen molar-refractivity contribution in [2.24, 2.45) is 5.92 Å². The largest absolute Gasteiger partial charge is 0.497 e. The normalized spacial score (nSPS) is 19.6. The number of halogens is 3. The molecule has 43 heavy (non-hydrogen) atoms. The lowest BCUT2D eigenvalue weighted by molar-refractivity contribution is -0.137. The van der Waals surface area contributed by atoms with Crippen molar-refractivity contribution in [3.63, 3.8) is 0 Å². The van der Waals surface area contributed by atoms with Gasteiger partial charge in [0.2, 0.25) is 17.7 Å². The number of thioether (sulfide) groups is 1. The molecule has 1 N–H and O–H groups in total. The standard InChI is InChI=1S/C29H21F3N4O5S2/c1-41-19-9-7-17(8-10-19)34-20(37)14-35-27-24(43-28(35)40)21(15-4-3-11-33-13-15)22-23(42-27)26(39)36(25(22)38)18-6-2-5-16(12-18)29(30,31)32/h2-13,21-23H,14H2,1H3,(H,34,37)/t21-,22?,23?/m1/s1. The second-order valence-electron chi connectivity index (χ2n) is 9.79. The summed E-state index contributed by atoms with van der Waals surface area (Å²) in [7, 11) is 1.52. The summed E-state index contributed by atoms with van der Waals surface area (Å²) in [4.78, 5) is 58.8.